The summed E-state index contributed by atoms with van der Waals surface area (Å²) in [6.07, 6.45) is 3.76. The maximum Gasteiger partial charge on any atom is 0.283 e. The molecule has 25 heavy (non-hydrogen) atoms. The molecule has 0 aromatic carbocycles. The Balaban J connectivity index is 1.57. The van der Waals surface area contributed by atoms with E-state index in [1.165, 1.54) is 0 Å². The molecule has 0 radical (unpaired) electrons. The minimum Gasteiger partial charge on any atom is -0.481 e. The molecule has 1 fully saturated rings. The molecule has 1 aliphatic heterocycles. The van der Waals surface area contributed by atoms with Crippen LogP contribution >= 0.6 is 0 Å². The number of ether oxygens (including phenoxy) is 1. The Morgan fingerprint density at radius 2 is 2.24 bits per heavy atom. The fraction of sp³-hybridized carbons (Fsp3) is 0.471. The average Bonchev–Trinajstić information content (AvgIpc) is 3.35. The van der Waals surface area contributed by atoms with Gasteiger partial charge in [-0.1, -0.05) is 0 Å². The van der Waals surface area contributed by atoms with Crippen molar-refractivity contribution in [3.8, 4) is 17.5 Å². The number of likely N-dealkylation sites (tertiary alicyclic amines) is 1. The largest absolute Gasteiger partial charge is 0.481 e. The van der Waals surface area contributed by atoms with Crippen molar-refractivity contribution < 1.29 is 13.6 Å². The summed E-state index contributed by atoms with van der Waals surface area (Å²) in [6, 6.07) is 3.84. The van der Waals surface area contributed by atoms with Crippen LogP contribution in [0.5, 0.6) is 5.88 Å². The monoisotopic (exact) mass is 343 g/mol. The summed E-state index contributed by atoms with van der Waals surface area (Å²) in [4.78, 5) is 2.34. The molecular weight excluding hydrogens is 322 g/mol. The van der Waals surface area contributed by atoms with Crippen LogP contribution in [0.2, 0.25) is 0 Å². The van der Waals surface area contributed by atoms with Gasteiger partial charge in [0.25, 0.3) is 5.89 Å². The lowest BCUT2D eigenvalue weighted by atomic mass is 10.1. The normalized spacial score (nSPS) is 18.1. The predicted molar refractivity (Wildman–Crippen MR) is 88.9 cm³/mol. The number of hydrogen-bond acceptors (Lipinski definition) is 7. The number of nitrogens with zero attached hydrogens (tertiary/aromatic N) is 5. The molecule has 132 valence electrons. The molecule has 0 bridgehead atoms. The molecule has 1 saturated heterocycles. The third-order valence-electron chi connectivity index (χ3n) is 4.64. The third kappa shape index (κ3) is 2.82. The Morgan fingerprint density at radius 1 is 1.36 bits per heavy atom. The van der Waals surface area contributed by atoms with Crippen molar-refractivity contribution in [1.29, 1.82) is 0 Å². The highest BCUT2D eigenvalue weighted by atomic mass is 16.5. The second-order valence-electron chi connectivity index (χ2n) is 6.24. The second kappa shape index (κ2) is 6.36. The Bertz CT molecular complexity index is 852. The van der Waals surface area contributed by atoms with Crippen molar-refractivity contribution in [3.05, 3.63) is 35.5 Å². The van der Waals surface area contributed by atoms with Crippen molar-refractivity contribution in [1.82, 2.24) is 24.9 Å². The molecule has 1 atom stereocenters. The van der Waals surface area contributed by atoms with Crippen LogP contribution in [-0.4, -0.2) is 38.5 Å². The molecule has 0 amide bonds. The summed E-state index contributed by atoms with van der Waals surface area (Å²) in [7, 11) is 3.59. The van der Waals surface area contributed by atoms with Gasteiger partial charge in [0.15, 0.2) is 5.76 Å². The van der Waals surface area contributed by atoms with E-state index in [1.54, 1.807) is 30.2 Å². The number of aryl methyl sites for hydroxylation is 2. The van der Waals surface area contributed by atoms with Crippen LogP contribution in [0, 0.1) is 6.92 Å². The van der Waals surface area contributed by atoms with E-state index < -0.39 is 0 Å². The van der Waals surface area contributed by atoms with Crippen molar-refractivity contribution in [3.63, 3.8) is 0 Å². The van der Waals surface area contributed by atoms with E-state index in [4.69, 9.17) is 13.6 Å². The number of rotatable bonds is 5. The number of furan rings is 1. The highest BCUT2D eigenvalue weighted by Gasteiger charge is 2.33. The minimum absolute atomic E-state index is 0.239. The lowest BCUT2D eigenvalue weighted by Gasteiger charge is -2.23. The quantitative estimate of drug-likeness (QED) is 0.704. The van der Waals surface area contributed by atoms with Gasteiger partial charge < -0.3 is 13.6 Å². The van der Waals surface area contributed by atoms with Crippen LogP contribution in [-0.2, 0) is 13.6 Å². The molecule has 0 N–H and O–H groups in total. The van der Waals surface area contributed by atoms with Gasteiger partial charge in [0.1, 0.15) is 0 Å². The van der Waals surface area contributed by atoms with Gasteiger partial charge >= 0.3 is 0 Å². The van der Waals surface area contributed by atoms with E-state index >= 15 is 0 Å². The maximum atomic E-state index is 5.76. The molecule has 8 heteroatoms. The van der Waals surface area contributed by atoms with E-state index in [0.717, 1.165) is 36.5 Å². The molecule has 0 spiro atoms. The van der Waals surface area contributed by atoms with E-state index in [9.17, 15) is 0 Å². The molecule has 4 heterocycles. The highest BCUT2D eigenvalue weighted by Crippen LogP contribution is 2.39. The molecule has 0 saturated carbocycles. The van der Waals surface area contributed by atoms with Crippen molar-refractivity contribution in [2.24, 2.45) is 7.05 Å². The SMILES string of the molecule is COc1c(C2CCCN2Cc2nnc(-c3ccco3)o2)c(C)nn1C. The Hall–Kier alpha value is -2.61. The summed E-state index contributed by atoms with van der Waals surface area (Å²) in [5.41, 5.74) is 2.14. The fourth-order valence-electron chi connectivity index (χ4n) is 3.61. The predicted octanol–water partition coefficient (Wildman–Crippen LogP) is 2.72. The molecule has 8 nitrogen and oxygen atoms in total. The zero-order valence-corrected chi connectivity index (χ0v) is 14.6. The molecule has 3 aromatic rings. The first kappa shape index (κ1) is 15.9. The average molecular weight is 343 g/mol. The van der Waals surface area contributed by atoms with Gasteiger partial charge in [0, 0.05) is 13.1 Å². The molecule has 4 rings (SSSR count). The van der Waals surface area contributed by atoms with E-state index in [-0.39, 0.29) is 6.04 Å². The molecule has 1 aliphatic rings. The summed E-state index contributed by atoms with van der Waals surface area (Å²) in [5, 5.41) is 12.7. The van der Waals surface area contributed by atoms with Gasteiger partial charge in [-0.25, -0.2) is 4.68 Å². The topological polar surface area (TPSA) is 82.3 Å². The van der Waals surface area contributed by atoms with E-state index in [0.29, 0.717) is 24.1 Å². The van der Waals surface area contributed by atoms with E-state index in [1.807, 2.05) is 14.0 Å². The zero-order chi connectivity index (χ0) is 17.4. The molecular formula is C17H21N5O3. The maximum absolute atomic E-state index is 5.76. The summed E-state index contributed by atoms with van der Waals surface area (Å²) >= 11 is 0. The first-order chi connectivity index (χ1) is 12.2. The van der Waals surface area contributed by atoms with Crippen LogP contribution in [0.15, 0.2) is 27.2 Å². The Kier molecular flexibility index (Phi) is 4.04. The number of methoxy groups -OCH3 is 1. The van der Waals surface area contributed by atoms with Crippen molar-refractivity contribution >= 4 is 0 Å². The van der Waals surface area contributed by atoms with Crippen LogP contribution in [0.1, 0.15) is 36.0 Å². The van der Waals surface area contributed by atoms with Crippen molar-refractivity contribution in [2.45, 2.75) is 32.4 Å². The summed E-state index contributed by atoms with van der Waals surface area (Å²) in [5.74, 6) is 2.39. The lowest BCUT2D eigenvalue weighted by Crippen LogP contribution is -2.23. The molecule has 0 aliphatic carbocycles. The summed E-state index contributed by atoms with van der Waals surface area (Å²) in [6.45, 7) is 3.59. The Morgan fingerprint density at radius 3 is 3.00 bits per heavy atom. The van der Waals surface area contributed by atoms with Crippen LogP contribution in [0.25, 0.3) is 11.7 Å². The van der Waals surface area contributed by atoms with Gasteiger partial charge in [-0.15, -0.1) is 10.2 Å². The molecule has 1 unspecified atom stereocenters. The van der Waals surface area contributed by atoms with Gasteiger partial charge in [-0.05, 0) is 38.4 Å². The fourth-order valence-corrected chi connectivity index (χ4v) is 3.61. The van der Waals surface area contributed by atoms with Gasteiger partial charge in [-0.3, -0.25) is 4.90 Å². The van der Waals surface area contributed by atoms with Gasteiger partial charge in [-0.2, -0.15) is 5.10 Å². The highest BCUT2D eigenvalue weighted by molar-refractivity contribution is 5.42. The van der Waals surface area contributed by atoms with E-state index in [2.05, 4.69) is 20.2 Å². The number of hydrogen-bond donors (Lipinski definition) is 0. The minimum atomic E-state index is 0.239. The van der Waals surface area contributed by atoms with Crippen LogP contribution in [0.4, 0.5) is 0 Å². The van der Waals surface area contributed by atoms with Crippen molar-refractivity contribution in [2.75, 3.05) is 13.7 Å². The second-order valence-corrected chi connectivity index (χ2v) is 6.24. The number of aromatic nitrogens is 4. The zero-order valence-electron chi connectivity index (χ0n) is 14.6. The first-order valence-electron chi connectivity index (χ1n) is 8.35. The first-order valence-corrected chi connectivity index (χ1v) is 8.35. The Labute approximate surface area is 145 Å². The third-order valence-corrected chi connectivity index (χ3v) is 4.64. The van der Waals surface area contributed by atoms with Gasteiger partial charge in [0.05, 0.1) is 31.2 Å². The lowest BCUT2D eigenvalue weighted by molar-refractivity contribution is 0.218. The smallest absolute Gasteiger partial charge is 0.283 e. The molecule has 3 aromatic heterocycles. The standard InChI is InChI=1S/C17H21N5O3/c1-11-15(17(23-3)21(2)20-11)12-6-4-8-22(12)10-14-18-19-16(25-14)13-7-5-9-24-13/h5,7,9,12H,4,6,8,10H2,1-3H3. The van der Waals surface area contributed by atoms with Crippen LogP contribution in [0.3, 0.4) is 0 Å². The van der Waals surface area contributed by atoms with Gasteiger partial charge in [0.2, 0.25) is 11.8 Å². The summed E-state index contributed by atoms with van der Waals surface area (Å²) < 4.78 is 18.4. The van der Waals surface area contributed by atoms with Crippen LogP contribution < -0.4 is 4.74 Å².